The average Bonchev–Trinajstić information content (AvgIpc) is 2.75. The Bertz CT molecular complexity index is 969. The van der Waals surface area contributed by atoms with Crippen LogP contribution in [0, 0.1) is 22.7 Å². The molecule has 0 aliphatic rings. The summed E-state index contributed by atoms with van der Waals surface area (Å²) >= 11 is 0. The van der Waals surface area contributed by atoms with Crippen molar-refractivity contribution in [2.75, 3.05) is 38.0 Å². The zero-order chi connectivity index (χ0) is 21.2. The summed E-state index contributed by atoms with van der Waals surface area (Å²) in [6.45, 7) is 0.628. The van der Waals surface area contributed by atoms with Gasteiger partial charge in [0.15, 0.2) is 11.5 Å². The van der Waals surface area contributed by atoms with E-state index in [4.69, 9.17) is 14.7 Å². The van der Waals surface area contributed by atoms with Crippen LogP contribution in [-0.4, -0.2) is 33.7 Å². The molecule has 148 valence electrons. The Hall–Kier alpha value is -3.97. The lowest BCUT2D eigenvalue weighted by Gasteiger charge is -2.17. The number of nitrogens with zero attached hydrogens (tertiary/aromatic N) is 3. The van der Waals surface area contributed by atoms with Crippen LogP contribution in [0.2, 0.25) is 0 Å². The minimum absolute atomic E-state index is 0.0228. The highest BCUT2D eigenvalue weighted by Crippen LogP contribution is 2.30. The Labute approximate surface area is 170 Å². The molecule has 0 atom stereocenters. The Balaban J connectivity index is 2.14. The van der Waals surface area contributed by atoms with Crippen molar-refractivity contribution in [3.8, 4) is 23.6 Å². The van der Waals surface area contributed by atoms with E-state index in [0.29, 0.717) is 30.2 Å². The number of carbonyl (C=O) groups is 1. The first kappa shape index (κ1) is 21.3. The Morgan fingerprint density at radius 3 is 2.38 bits per heavy atom. The topological polar surface area (TPSA) is 98.4 Å². The van der Waals surface area contributed by atoms with Crippen molar-refractivity contribution >= 4 is 23.4 Å². The molecule has 2 rings (SSSR count). The van der Waals surface area contributed by atoms with E-state index in [1.165, 1.54) is 20.3 Å². The Morgan fingerprint density at radius 1 is 1.10 bits per heavy atom. The molecule has 0 aliphatic carbocycles. The van der Waals surface area contributed by atoms with Gasteiger partial charge in [0.1, 0.15) is 11.6 Å². The van der Waals surface area contributed by atoms with Crippen LogP contribution in [0.4, 0.5) is 11.4 Å². The van der Waals surface area contributed by atoms with Gasteiger partial charge >= 0.3 is 0 Å². The molecule has 0 heterocycles. The van der Waals surface area contributed by atoms with Crippen molar-refractivity contribution in [2.45, 2.75) is 6.42 Å². The van der Waals surface area contributed by atoms with Crippen molar-refractivity contribution in [3.05, 3.63) is 53.6 Å². The maximum atomic E-state index is 12.5. The minimum atomic E-state index is -0.519. The fraction of sp³-hybridized carbons (Fsp3) is 0.227. The van der Waals surface area contributed by atoms with Gasteiger partial charge in [-0.05, 0) is 35.9 Å². The molecule has 0 bridgehead atoms. The lowest BCUT2D eigenvalue weighted by atomic mass is 10.1. The number of hydrogen-bond acceptors (Lipinski definition) is 6. The van der Waals surface area contributed by atoms with Gasteiger partial charge in [-0.25, -0.2) is 0 Å². The zero-order valence-corrected chi connectivity index (χ0v) is 16.6. The molecule has 7 heteroatoms. The lowest BCUT2D eigenvalue weighted by molar-refractivity contribution is -0.112. The van der Waals surface area contributed by atoms with Crippen LogP contribution in [0.15, 0.2) is 48.0 Å². The summed E-state index contributed by atoms with van der Waals surface area (Å²) in [5, 5.41) is 20.8. The van der Waals surface area contributed by atoms with E-state index in [-0.39, 0.29) is 5.57 Å². The molecule has 1 amide bonds. The second kappa shape index (κ2) is 10.4. The summed E-state index contributed by atoms with van der Waals surface area (Å²) in [4.78, 5) is 14.4. The van der Waals surface area contributed by atoms with Gasteiger partial charge in [0.25, 0.3) is 5.91 Å². The minimum Gasteiger partial charge on any atom is -0.493 e. The normalized spacial score (nSPS) is 10.4. The van der Waals surface area contributed by atoms with Crippen LogP contribution in [0.1, 0.15) is 12.0 Å². The van der Waals surface area contributed by atoms with Crippen LogP contribution in [0.5, 0.6) is 11.5 Å². The molecular weight excluding hydrogens is 368 g/mol. The average molecular weight is 390 g/mol. The van der Waals surface area contributed by atoms with E-state index in [2.05, 4.69) is 11.4 Å². The first-order chi connectivity index (χ1) is 14.0. The highest BCUT2D eigenvalue weighted by Gasteiger charge is 2.12. The number of nitrogens with one attached hydrogen (secondary N) is 1. The van der Waals surface area contributed by atoms with Gasteiger partial charge in [-0.2, -0.15) is 10.5 Å². The zero-order valence-electron chi connectivity index (χ0n) is 16.6. The molecule has 0 saturated carbocycles. The van der Waals surface area contributed by atoms with Crippen molar-refractivity contribution in [2.24, 2.45) is 0 Å². The summed E-state index contributed by atoms with van der Waals surface area (Å²) in [5.74, 6) is 0.500. The quantitative estimate of drug-likeness (QED) is 0.546. The van der Waals surface area contributed by atoms with E-state index in [1.54, 1.807) is 18.2 Å². The van der Waals surface area contributed by atoms with Crippen LogP contribution < -0.4 is 19.7 Å². The lowest BCUT2D eigenvalue weighted by Crippen LogP contribution is -2.17. The molecule has 2 aromatic carbocycles. The monoisotopic (exact) mass is 390 g/mol. The number of benzene rings is 2. The molecule has 29 heavy (non-hydrogen) atoms. The van der Waals surface area contributed by atoms with Crippen LogP contribution >= 0.6 is 0 Å². The van der Waals surface area contributed by atoms with E-state index < -0.39 is 5.91 Å². The van der Waals surface area contributed by atoms with Gasteiger partial charge in [0.05, 0.1) is 26.7 Å². The third-order valence-electron chi connectivity index (χ3n) is 4.21. The van der Waals surface area contributed by atoms with Gasteiger partial charge in [-0.1, -0.05) is 12.1 Å². The molecule has 0 radical (unpaired) electrons. The number of rotatable bonds is 8. The van der Waals surface area contributed by atoms with Gasteiger partial charge in [-0.15, -0.1) is 0 Å². The summed E-state index contributed by atoms with van der Waals surface area (Å²) < 4.78 is 10.4. The Morgan fingerprint density at radius 2 is 1.79 bits per heavy atom. The third-order valence-corrected chi connectivity index (χ3v) is 4.21. The van der Waals surface area contributed by atoms with Crippen LogP contribution in [0.25, 0.3) is 6.08 Å². The van der Waals surface area contributed by atoms with Crippen LogP contribution in [0.3, 0.4) is 0 Å². The van der Waals surface area contributed by atoms with E-state index in [0.717, 1.165) is 11.3 Å². The van der Waals surface area contributed by atoms with Gasteiger partial charge in [0, 0.05) is 31.0 Å². The van der Waals surface area contributed by atoms with Gasteiger partial charge in [-0.3, -0.25) is 4.79 Å². The molecule has 0 spiro atoms. The predicted octanol–water partition coefficient (Wildman–Crippen LogP) is 3.60. The highest BCUT2D eigenvalue weighted by molar-refractivity contribution is 6.09. The first-order valence-electron chi connectivity index (χ1n) is 8.85. The summed E-state index contributed by atoms with van der Waals surface area (Å²) in [6.07, 6.45) is 1.96. The van der Waals surface area contributed by atoms with E-state index >= 15 is 0 Å². The SMILES string of the molecule is COc1ccc(NC(=O)/C(C#N)=C/c2ccc(N(C)CCC#N)cc2)cc1OC. The molecule has 7 nitrogen and oxygen atoms in total. The molecular formula is C22H22N4O3. The number of anilines is 2. The van der Waals surface area contributed by atoms with Gasteiger partial charge < -0.3 is 19.7 Å². The van der Waals surface area contributed by atoms with E-state index in [1.807, 2.05) is 42.3 Å². The second-order valence-electron chi connectivity index (χ2n) is 6.11. The van der Waals surface area contributed by atoms with E-state index in [9.17, 15) is 10.1 Å². The molecule has 1 N–H and O–H groups in total. The Kier molecular flexibility index (Phi) is 7.64. The first-order valence-corrected chi connectivity index (χ1v) is 8.85. The fourth-order valence-corrected chi connectivity index (χ4v) is 2.60. The smallest absolute Gasteiger partial charge is 0.266 e. The maximum absolute atomic E-state index is 12.5. The molecule has 0 aromatic heterocycles. The summed E-state index contributed by atoms with van der Waals surface area (Å²) in [6, 6.07) is 16.4. The van der Waals surface area contributed by atoms with Gasteiger partial charge in [0.2, 0.25) is 0 Å². The van der Waals surface area contributed by atoms with Crippen molar-refractivity contribution in [1.82, 2.24) is 0 Å². The van der Waals surface area contributed by atoms with Crippen molar-refractivity contribution in [3.63, 3.8) is 0 Å². The molecule has 0 aliphatic heterocycles. The summed E-state index contributed by atoms with van der Waals surface area (Å²) in [5.41, 5.74) is 2.14. The van der Waals surface area contributed by atoms with Crippen molar-refractivity contribution < 1.29 is 14.3 Å². The number of amides is 1. The molecule has 0 unspecified atom stereocenters. The predicted molar refractivity (Wildman–Crippen MR) is 112 cm³/mol. The standard InChI is InChI=1S/C22H22N4O3/c1-26(12-4-11-23)19-8-5-16(6-9-19)13-17(15-24)22(27)25-18-7-10-20(28-2)21(14-18)29-3/h5-10,13-14H,4,12H2,1-3H3,(H,25,27)/b17-13+. The maximum Gasteiger partial charge on any atom is 0.266 e. The molecule has 2 aromatic rings. The molecule has 0 fully saturated rings. The van der Waals surface area contributed by atoms with Crippen LogP contribution in [-0.2, 0) is 4.79 Å². The number of carbonyl (C=O) groups excluding carboxylic acids is 1. The number of methoxy groups -OCH3 is 2. The largest absolute Gasteiger partial charge is 0.493 e. The third kappa shape index (κ3) is 5.75. The fourth-order valence-electron chi connectivity index (χ4n) is 2.60. The molecule has 0 saturated heterocycles. The van der Waals surface area contributed by atoms with Crippen molar-refractivity contribution in [1.29, 1.82) is 10.5 Å². The highest BCUT2D eigenvalue weighted by atomic mass is 16.5. The number of nitriles is 2. The second-order valence-corrected chi connectivity index (χ2v) is 6.11. The number of ether oxygens (including phenoxy) is 2. The summed E-state index contributed by atoms with van der Waals surface area (Å²) in [7, 11) is 4.93. The number of hydrogen-bond donors (Lipinski definition) is 1.